The van der Waals surface area contributed by atoms with Gasteiger partial charge in [0.2, 0.25) is 5.91 Å². The minimum atomic E-state index is 0.300. The fraction of sp³-hybridized carbons (Fsp3) is 0.625. The van der Waals surface area contributed by atoms with E-state index in [-0.39, 0.29) is 0 Å². The van der Waals surface area contributed by atoms with Gasteiger partial charge in [-0.1, -0.05) is 0 Å². The van der Waals surface area contributed by atoms with Gasteiger partial charge in [-0.3, -0.25) is 4.79 Å². The van der Waals surface area contributed by atoms with Crippen molar-refractivity contribution in [2.45, 2.75) is 33.1 Å². The minimum absolute atomic E-state index is 0.300. The van der Waals surface area contributed by atoms with Crippen molar-refractivity contribution >= 4 is 17.5 Å². The highest BCUT2D eigenvalue weighted by molar-refractivity contribution is 5.81. The molecule has 0 spiro atoms. The average molecular weight is 314 g/mol. The van der Waals surface area contributed by atoms with Crippen LogP contribution in [0.15, 0.2) is 6.33 Å². The van der Waals surface area contributed by atoms with Gasteiger partial charge in [-0.25, -0.2) is 4.98 Å². The number of fused-ring (bicyclic) bond motifs is 1. The van der Waals surface area contributed by atoms with Crippen LogP contribution in [-0.2, 0) is 4.79 Å². The first-order valence-electron chi connectivity index (χ1n) is 8.36. The molecule has 1 saturated heterocycles. The average Bonchev–Trinajstić information content (AvgIpc) is 3.32. The molecular formula is C16H22N6O. The second-order valence-electron chi connectivity index (χ2n) is 6.56. The number of hydrogen-bond acceptors (Lipinski definition) is 5. The van der Waals surface area contributed by atoms with Crippen LogP contribution in [0, 0.1) is 19.8 Å². The summed E-state index contributed by atoms with van der Waals surface area (Å²) in [5, 5.41) is 4.34. The first-order valence-corrected chi connectivity index (χ1v) is 8.36. The summed E-state index contributed by atoms with van der Waals surface area (Å²) in [7, 11) is 0. The zero-order valence-corrected chi connectivity index (χ0v) is 13.7. The maximum atomic E-state index is 12.3. The Kier molecular flexibility index (Phi) is 3.43. The molecular weight excluding hydrogens is 292 g/mol. The molecule has 1 saturated carbocycles. The summed E-state index contributed by atoms with van der Waals surface area (Å²) in [6, 6.07) is 0. The fourth-order valence-electron chi connectivity index (χ4n) is 3.32. The topological polar surface area (TPSA) is 66.6 Å². The summed E-state index contributed by atoms with van der Waals surface area (Å²) >= 11 is 0. The smallest absolute Gasteiger partial charge is 0.254 e. The lowest BCUT2D eigenvalue weighted by Gasteiger charge is -2.25. The number of hydrogen-bond donors (Lipinski definition) is 0. The molecule has 2 aliphatic rings. The summed E-state index contributed by atoms with van der Waals surface area (Å²) in [6.45, 7) is 7.48. The predicted octanol–water partition coefficient (Wildman–Crippen LogP) is 1.19. The standard InChI is InChI=1S/C16H22N6O/c1-11-12(2)19-16-17-10-18-22(16)14(11)20-6-3-7-21(9-8-20)15(23)13-4-5-13/h10,13H,3-9H2,1-2H3. The number of aryl methyl sites for hydroxylation is 1. The van der Waals surface area contributed by atoms with Crippen molar-refractivity contribution in [2.75, 3.05) is 31.1 Å². The molecule has 7 heteroatoms. The molecule has 0 unspecified atom stereocenters. The van der Waals surface area contributed by atoms with E-state index >= 15 is 0 Å². The van der Waals surface area contributed by atoms with Crippen LogP contribution in [-0.4, -0.2) is 56.6 Å². The van der Waals surface area contributed by atoms with Crippen LogP contribution in [0.25, 0.3) is 5.78 Å². The van der Waals surface area contributed by atoms with Gasteiger partial charge in [0.25, 0.3) is 5.78 Å². The minimum Gasteiger partial charge on any atom is -0.354 e. The van der Waals surface area contributed by atoms with Crippen LogP contribution >= 0.6 is 0 Å². The van der Waals surface area contributed by atoms with Crippen LogP contribution in [0.1, 0.15) is 30.5 Å². The van der Waals surface area contributed by atoms with E-state index in [0.29, 0.717) is 17.6 Å². The molecule has 2 aromatic rings. The molecule has 4 rings (SSSR count). The Hall–Kier alpha value is -2.18. The Morgan fingerprint density at radius 2 is 2.00 bits per heavy atom. The summed E-state index contributed by atoms with van der Waals surface area (Å²) in [6.07, 6.45) is 4.67. The van der Waals surface area contributed by atoms with Crippen LogP contribution < -0.4 is 4.90 Å². The van der Waals surface area contributed by atoms with Gasteiger partial charge in [0, 0.05) is 43.4 Å². The summed E-state index contributed by atoms with van der Waals surface area (Å²) in [5.41, 5.74) is 2.11. The van der Waals surface area contributed by atoms with Gasteiger partial charge >= 0.3 is 0 Å². The van der Waals surface area contributed by atoms with E-state index in [1.54, 1.807) is 6.33 Å². The number of amides is 1. The van der Waals surface area contributed by atoms with Crippen molar-refractivity contribution < 1.29 is 4.79 Å². The van der Waals surface area contributed by atoms with Crippen molar-refractivity contribution in [1.29, 1.82) is 0 Å². The summed E-state index contributed by atoms with van der Waals surface area (Å²) < 4.78 is 1.82. The van der Waals surface area contributed by atoms with Gasteiger partial charge in [-0.2, -0.15) is 14.6 Å². The Morgan fingerprint density at radius 1 is 1.17 bits per heavy atom. The van der Waals surface area contributed by atoms with Crippen molar-refractivity contribution in [2.24, 2.45) is 5.92 Å². The van der Waals surface area contributed by atoms with E-state index in [2.05, 4.69) is 26.9 Å². The maximum absolute atomic E-state index is 12.3. The molecule has 7 nitrogen and oxygen atoms in total. The molecule has 23 heavy (non-hydrogen) atoms. The SMILES string of the molecule is Cc1nc2ncnn2c(N2CCCN(C(=O)C3CC3)CC2)c1C. The molecule has 0 N–H and O–H groups in total. The van der Waals surface area contributed by atoms with Crippen molar-refractivity contribution in [3.05, 3.63) is 17.6 Å². The third kappa shape index (κ3) is 2.54. The summed E-state index contributed by atoms with van der Waals surface area (Å²) in [4.78, 5) is 25.4. The molecule has 0 bridgehead atoms. The van der Waals surface area contributed by atoms with Crippen LogP contribution in [0.3, 0.4) is 0 Å². The van der Waals surface area contributed by atoms with Crippen LogP contribution in [0.2, 0.25) is 0 Å². The number of carbonyl (C=O) groups is 1. The maximum Gasteiger partial charge on any atom is 0.254 e. The van der Waals surface area contributed by atoms with Crippen LogP contribution in [0.4, 0.5) is 5.82 Å². The number of aromatic nitrogens is 4. The monoisotopic (exact) mass is 314 g/mol. The van der Waals surface area contributed by atoms with Crippen LogP contribution in [0.5, 0.6) is 0 Å². The second kappa shape index (κ2) is 5.47. The van der Waals surface area contributed by atoms with Crippen molar-refractivity contribution in [3.63, 3.8) is 0 Å². The Bertz CT molecular complexity index is 750. The number of anilines is 1. The van der Waals surface area contributed by atoms with E-state index in [0.717, 1.165) is 62.5 Å². The first kappa shape index (κ1) is 14.4. The lowest BCUT2D eigenvalue weighted by molar-refractivity contribution is -0.132. The number of carbonyl (C=O) groups excluding carboxylic acids is 1. The van der Waals surface area contributed by atoms with Gasteiger partial charge in [0.1, 0.15) is 12.1 Å². The molecule has 3 heterocycles. The quantitative estimate of drug-likeness (QED) is 0.833. The third-order valence-corrected chi connectivity index (χ3v) is 4.91. The lowest BCUT2D eigenvalue weighted by Crippen LogP contribution is -2.36. The zero-order chi connectivity index (χ0) is 16.0. The zero-order valence-electron chi connectivity index (χ0n) is 13.7. The predicted molar refractivity (Wildman–Crippen MR) is 86.4 cm³/mol. The van der Waals surface area contributed by atoms with E-state index in [4.69, 9.17) is 0 Å². The Morgan fingerprint density at radius 3 is 2.78 bits per heavy atom. The number of rotatable bonds is 2. The lowest BCUT2D eigenvalue weighted by atomic mass is 10.2. The Labute approximate surface area is 135 Å². The van der Waals surface area contributed by atoms with Crippen molar-refractivity contribution in [1.82, 2.24) is 24.5 Å². The molecule has 2 aromatic heterocycles. The molecule has 122 valence electrons. The van der Waals surface area contributed by atoms with Gasteiger partial charge in [-0.15, -0.1) is 0 Å². The molecule has 1 aliphatic carbocycles. The van der Waals surface area contributed by atoms with E-state index in [1.807, 2.05) is 16.3 Å². The molecule has 1 amide bonds. The molecule has 1 aliphatic heterocycles. The van der Waals surface area contributed by atoms with Gasteiger partial charge in [0.15, 0.2) is 0 Å². The first-order chi connectivity index (χ1) is 11.1. The molecule has 0 aromatic carbocycles. The van der Waals surface area contributed by atoms with Gasteiger partial charge in [-0.05, 0) is 33.1 Å². The molecule has 0 radical (unpaired) electrons. The van der Waals surface area contributed by atoms with Gasteiger partial charge < -0.3 is 9.80 Å². The normalized spacial score (nSPS) is 19.2. The fourth-order valence-corrected chi connectivity index (χ4v) is 3.32. The highest BCUT2D eigenvalue weighted by Gasteiger charge is 2.34. The third-order valence-electron chi connectivity index (χ3n) is 4.91. The second-order valence-corrected chi connectivity index (χ2v) is 6.56. The van der Waals surface area contributed by atoms with E-state index in [9.17, 15) is 4.79 Å². The molecule has 2 fully saturated rings. The van der Waals surface area contributed by atoms with E-state index in [1.165, 1.54) is 0 Å². The highest BCUT2D eigenvalue weighted by Crippen LogP contribution is 2.31. The molecule has 0 atom stereocenters. The largest absolute Gasteiger partial charge is 0.354 e. The Balaban J connectivity index is 1.62. The van der Waals surface area contributed by atoms with E-state index < -0.39 is 0 Å². The highest BCUT2D eigenvalue weighted by atomic mass is 16.2. The number of nitrogens with zero attached hydrogens (tertiary/aromatic N) is 6. The summed E-state index contributed by atoms with van der Waals surface area (Å²) in [5.74, 6) is 2.35. The van der Waals surface area contributed by atoms with Crippen molar-refractivity contribution in [3.8, 4) is 0 Å². The van der Waals surface area contributed by atoms with Gasteiger partial charge in [0.05, 0.1) is 0 Å².